The van der Waals surface area contributed by atoms with E-state index in [0.29, 0.717) is 40.3 Å². The molecule has 3 aromatic rings. The molecule has 0 aliphatic heterocycles. The average molecular weight is 328 g/mol. The van der Waals surface area contributed by atoms with E-state index in [1.807, 2.05) is 6.07 Å². The van der Waals surface area contributed by atoms with Gasteiger partial charge in [-0.3, -0.25) is 9.59 Å². The molecule has 1 aromatic heterocycles. The average Bonchev–Trinajstić information content (AvgIpc) is 2.55. The fourth-order valence-electron chi connectivity index (χ4n) is 2.29. The van der Waals surface area contributed by atoms with E-state index in [-0.39, 0.29) is 11.5 Å². The van der Waals surface area contributed by atoms with Crippen molar-refractivity contribution in [2.24, 2.45) is 0 Å². The number of H-pyrrole nitrogens is 1. The van der Waals surface area contributed by atoms with Crippen molar-refractivity contribution in [1.82, 2.24) is 15.3 Å². The van der Waals surface area contributed by atoms with Gasteiger partial charge in [0.05, 0.1) is 21.5 Å². The van der Waals surface area contributed by atoms with Crippen molar-refractivity contribution in [3.8, 4) is 0 Å². The van der Waals surface area contributed by atoms with Gasteiger partial charge in [0.2, 0.25) is 0 Å². The van der Waals surface area contributed by atoms with E-state index in [0.717, 1.165) is 0 Å². The Morgan fingerprint density at radius 2 is 1.87 bits per heavy atom. The summed E-state index contributed by atoms with van der Waals surface area (Å²) < 4.78 is 0. The van der Waals surface area contributed by atoms with Crippen molar-refractivity contribution in [1.29, 1.82) is 0 Å². The number of rotatable bonds is 4. The molecule has 0 fully saturated rings. The lowest BCUT2D eigenvalue weighted by atomic mass is 10.2. The molecular formula is C17H14ClN3O2. The third-order valence-corrected chi connectivity index (χ3v) is 3.76. The molecule has 0 aliphatic carbocycles. The SMILES string of the molecule is O=C(NCCc1nc2ccccc2c(=O)[nH]1)c1ccccc1Cl. The number of benzene rings is 2. The van der Waals surface area contributed by atoms with E-state index in [4.69, 9.17) is 11.6 Å². The Balaban J connectivity index is 1.68. The second kappa shape index (κ2) is 6.62. The summed E-state index contributed by atoms with van der Waals surface area (Å²) in [4.78, 5) is 31.1. The summed E-state index contributed by atoms with van der Waals surface area (Å²) in [5.74, 6) is 0.284. The minimum Gasteiger partial charge on any atom is -0.352 e. The lowest BCUT2D eigenvalue weighted by molar-refractivity contribution is 0.0954. The number of para-hydroxylation sites is 1. The smallest absolute Gasteiger partial charge is 0.258 e. The molecule has 0 unspecified atom stereocenters. The first-order chi connectivity index (χ1) is 11.1. The molecule has 23 heavy (non-hydrogen) atoms. The minimum absolute atomic E-state index is 0.178. The number of hydrogen-bond donors (Lipinski definition) is 2. The van der Waals surface area contributed by atoms with E-state index in [9.17, 15) is 9.59 Å². The maximum absolute atomic E-state index is 12.0. The quantitative estimate of drug-likeness (QED) is 0.773. The maximum atomic E-state index is 12.0. The van der Waals surface area contributed by atoms with Crippen LogP contribution in [-0.2, 0) is 6.42 Å². The maximum Gasteiger partial charge on any atom is 0.258 e. The lowest BCUT2D eigenvalue weighted by Gasteiger charge is -2.07. The summed E-state index contributed by atoms with van der Waals surface area (Å²) in [6, 6.07) is 14.0. The fraction of sp³-hybridized carbons (Fsp3) is 0.118. The van der Waals surface area contributed by atoms with Crippen molar-refractivity contribution in [3.05, 3.63) is 75.3 Å². The lowest BCUT2D eigenvalue weighted by Crippen LogP contribution is -2.27. The summed E-state index contributed by atoms with van der Waals surface area (Å²) in [5.41, 5.74) is 0.890. The van der Waals surface area contributed by atoms with E-state index in [1.165, 1.54) is 0 Å². The Labute approximate surface area is 137 Å². The Bertz CT molecular complexity index is 921. The van der Waals surface area contributed by atoms with Crippen LogP contribution in [0.2, 0.25) is 5.02 Å². The van der Waals surface area contributed by atoms with Crippen LogP contribution in [0.3, 0.4) is 0 Å². The Kier molecular flexibility index (Phi) is 4.39. The predicted molar refractivity (Wildman–Crippen MR) is 89.9 cm³/mol. The molecule has 6 heteroatoms. The number of nitrogens with zero attached hydrogens (tertiary/aromatic N) is 1. The van der Waals surface area contributed by atoms with E-state index >= 15 is 0 Å². The van der Waals surface area contributed by atoms with Crippen LogP contribution in [0.1, 0.15) is 16.2 Å². The van der Waals surface area contributed by atoms with Crippen molar-refractivity contribution >= 4 is 28.4 Å². The molecule has 0 saturated heterocycles. The third kappa shape index (κ3) is 3.40. The van der Waals surface area contributed by atoms with Gasteiger partial charge in [-0.25, -0.2) is 4.98 Å². The number of carbonyl (C=O) groups excluding carboxylic acids is 1. The molecule has 0 radical (unpaired) electrons. The third-order valence-electron chi connectivity index (χ3n) is 3.43. The predicted octanol–water partition coefficient (Wildman–Crippen LogP) is 2.55. The summed E-state index contributed by atoms with van der Waals surface area (Å²) in [5, 5.41) is 3.73. The second-order valence-corrected chi connectivity index (χ2v) is 5.42. The van der Waals surface area contributed by atoms with E-state index in [2.05, 4.69) is 15.3 Å². The minimum atomic E-state index is -0.251. The number of carbonyl (C=O) groups is 1. The number of halogens is 1. The zero-order valence-corrected chi connectivity index (χ0v) is 12.9. The van der Waals surface area contributed by atoms with Crippen LogP contribution in [0.5, 0.6) is 0 Å². The number of hydrogen-bond acceptors (Lipinski definition) is 3. The Morgan fingerprint density at radius 3 is 2.70 bits per heavy atom. The van der Waals surface area contributed by atoms with Gasteiger partial charge < -0.3 is 10.3 Å². The van der Waals surface area contributed by atoms with E-state index in [1.54, 1.807) is 42.5 Å². The van der Waals surface area contributed by atoms with E-state index < -0.39 is 0 Å². The molecule has 0 spiro atoms. The van der Waals surface area contributed by atoms with Crippen LogP contribution in [-0.4, -0.2) is 22.4 Å². The van der Waals surface area contributed by atoms with Crippen LogP contribution < -0.4 is 10.9 Å². The van der Waals surface area contributed by atoms with Gasteiger partial charge in [0.25, 0.3) is 11.5 Å². The number of aromatic nitrogens is 2. The van der Waals surface area contributed by atoms with Gasteiger partial charge in [-0.2, -0.15) is 0 Å². The molecule has 0 aliphatic rings. The van der Waals surface area contributed by atoms with Crippen LogP contribution in [0.15, 0.2) is 53.3 Å². The van der Waals surface area contributed by atoms with Crippen molar-refractivity contribution in [2.45, 2.75) is 6.42 Å². The standard InChI is InChI=1S/C17H14ClN3O2/c18-13-7-3-1-5-11(13)16(22)19-10-9-15-20-14-8-4-2-6-12(14)17(23)21-15/h1-8H,9-10H2,(H,19,22)(H,20,21,23). The molecule has 2 N–H and O–H groups in total. The summed E-state index contributed by atoms with van der Waals surface area (Å²) in [6.45, 7) is 0.353. The highest BCUT2D eigenvalue weighted by Gasteiger charge is 2.09. The highest BCUT2D eigenvalue weighted by atomic mass is 35.5. The van der Waals surface area contributed by atoms with Crippen LogP contribution in [0, 0.1) is 0 Å². The summed E-state index contributed by atoms with van der Waals surface area (Å²) in [7, 11) is 0. The summed E-state index contributed by atoms with van der Waals surface area (Å²) >= 11 is 5.98. The molecule has 116 valence electrons. The fourth-order valence-corrected chi connectivity index (χ4v) is 2.51. The first-order valence-electron chi connectivity index (χ1n) is 7.16. The monoisotopic (exact) mass is 327 g/mol. The summed E-state index contributed by atoms with van der Waals surface area (Å²) in [6.07, 6.45) is 0.427. The molecule has 1 amide bonds. The van der Waals surface area contributed by atoms with Crippen LogP contribution in [0.25, 0.3) is 10.9 Å². The highest BCUT2D eigenvalue weighted by molar-refractivity contribution is 6.33. The van der Waals surface area contributed by atoms with Crippen LogP contribution >= 0.6 is 11.6 Å². The van der Waals surface area contributed by atoms with Gasteiger partial charge in [0.15, 0.2) is 0 Å². The molecule has 0 bridgehead atoms. The van der Waals surface area contributed by atoms with Gasteiger partial charge in [-0.15, -0.1) is 0 Å². The highest BCUT2D eigenvalue weighted by Crippen LogP contribution is 2.14. The zero-order chi connectivity index (χ0) is 16.2. The second-order valence-electron chi connectivity index (χ2n) is 5.02. The van der Waals surface area contributed by atoms with Gasteiger partial charge in [-0.05, 0) is 24.3 Å². The normalized spacial score (nSPS) is 10.7. The van der Waals surface area contributed by atoms with Gasteiger partial charge in [-0.1, -0.05) is 35.9 Å². The van der Waals surface area contributed by atoms with Gasteiger partial charge >= 0.3 is 0 Å². The van der Waals surface area contributed by atoms with Gasteiger partial charge in [0, 0.05) is 13.0 Å². The molecule has 1 heterocycles. The number of aromatic amines is 1. The Hall–Kier alpha value is -2.66. The molecule has 2 aromatic carbocycles. The molecular weight excluding hydrogens is 314 g/mol. The first kappa shape index (κ1) is 15.2. The topological polar surface area (TPSA) is 74.8 Å². The number of amides is 1. The Morgan fingerprint density at radius 1 is 1.13 bits per heavy atom. The molecule has 0 atom stereocenters. The molecule has 3 rings (SSSR count). The van der Waals surface area contributed by atoms with Gasteiger partial charge in [0.1, 0.15) is 5.82 Å². The number of fused-ring (bicyclic) bond motifs is 1. The van der Waals surface area contributed by atoms with Crippen LogP contribution in [0.4, 0.5) is 0 Å². The largest absolute Gasteiger partial charge is 0.352 e. The molecule has 5 nitrogen and oxygen atoms in total. The molecule has 0 saturated carbocycles. The van der Waals surface area contributed by atoms with Crippen molar-refractivity contribution in [3.63, 3.8) is 0 Å². The van der Waals surface area contributed by atoms with Crippen molar-refractivity contribution < 1.29 is 4.79 Å². The van der Waals surface area contributed by atoms with Crippen molar-refractivity contribution in [2.75, 3.05) is 6.54 Å². The zero-order valence-electron chi connectivity index (χ0n) is 12.2. The number of nitrogens with one attached hydrogen (secondary N) is 2. The first-order valence-corrected chi connectivity index (χ1v) is 7.53.